The fraction of sp³-hybridized carbons (Fsp3) is 0.278. The van der Waals surface area contributed by atoms with E-state index in [1.807, 2.05) is 30.3 Å². The van der Waals surface area contributed by atoms with Crippen LogP contribution >= 0.6 is 12.4 Å². The van der Waals surface area contributed by atoms with Crippen molar-refractivity contribution in [3.05, 3.63) is 53.6 Å². The second-order valence-electron chi connectivity index (χ2n) is 5.37. The molecule has 0 saturated carbocycles. The number of hydrogen-bond donors (Lipinski definition) is 2. The van der Waals surface area contributed by atoms with Crippen molar-refractivity contribution < 1.29 is 14.3 Å². The average Bonchev–Trinajstić information content (AvgIpc) is 3.03. The molecule has 3 rings (SSSR count). The van der Waals surface area contributed by atoms with E-state index in [0.717, 1.165) is 24.3 Å². The first kappa shape index (κ1) is 18.1. The Morgan fingerprint density at radius 2 is 2.08 bits per heavy atom. The van der Waals surface area contributed by atoms with E-state index in [0.29, 0.717) is 24.5 Å². The number of fused-ring (bicyclic) bond motifs is 1. The quantitative estimate of drug-likeness (QED) is 0.786. The summed E-state index contributed by atoms with van der Waals surface area (Å²) < 4.78 is 10.5. The molecule has 0 saturated heterocycles. The van der Waals surface area contributed by atoms with Crippen molar-refractivity contribution in [1.29, 1.82) is 0 Å². The van der Waals surface area contributed by atoms with E-state index in [1.165, 1.54) is 5.56 Å². The highest BCUT2D eigenvalue weighted by Gasteiger charge is 2.12. The predicted molar refractivity (Wildman–Crippen MR) is 97.6 cm³/mol. The third-order valence-electron chi connectivity index (χ3n) is 3.73. The fourth-order valence-corrected chi connectivity index (χ4v) is 2.56. The molecule has 1 amide bonds. The first-order chi connectivity index (χ1) is 11.3. The smallest absolute Gasteiger partial charge is 0.255 e. The lowest BCUT2D eigenvalue weighted by Gasteiger charge is -2.09. The summed E-state index contributed by atoms with van der Waals surface area (Å²) in [6.07, 6.45) is 0.988. The molecule has 1 aliphatic rings. The molecule has 128 valence electrons. The van der Waals surface area contributed by atoms with Crippen LogP contribution in [-0.2, 0) is 11.2 Å². The van der Waals surface area contributed by atoms with Crippen LogP contribution in [0.2, 0.25) is 0 Å². The summed E-state index contributed by atoms with van der Waals surface area (Å²) in [5.74, 6) is 0.515. The lowest BCUT2D eigenvalue weighted by molar-refractivity contribution is 0.102. The summed E-state index contributed by atoms with van der Waals surface area (Å²) in [6.45, 7) is 1.92. The van der Waals surface area contributed by atoms with E-state index in [9.17, 15) is 4.79 Å². The summed E-state index contributed by atoms with van der Waals surface area (Å²) in [5.41, 5.74) is 3.76. The van der Waals surface area contributed by atoms with Crippen LogP contribution in [0, 0.1) is 0 Å². The summed E-state index contributed by atoms with van der Waals surface area (Å²) in [6, 6.07) is 13.1. The van der Waals surface area contributed by atoms with Crippen LogP contribution in [0.15, 0.2) is 42.5 Å². The molecule has 5 nitrogen and oxygen atoms in total. The van der Waals surface area contributed by atoms with E-state index in [1.54, 1.807) is 19.2 Å². The fourth-order valence-electron chi connectivity index (χ4n) is 2.56. The first-order valence-electron chi connectivity index (χ1n) is 7.66. The van der Waals surface area contributed by atoms with Gasteiger partial charge in [-0.3, -0.25) is 4.79 Å². The zero-order valence-electron chi connectivity index (χ0n) is 13.5. The molecule has 0 atom stereocenters. The minimum Gasteiger partial charge on any atom is -0.491 e. The summed E-state index contributed by atoms with van der Waals surface area (Å²) in [4.78, 5) is 12.4. The molecule has 0 fully saturated rings. The maximum absolute atomic E-state index is 12.4. The molecule has 2 aromatic carbocycles. The van der Waals surface area contributed by atoms with Crippen LogP contribution in [0.3, 0.4) is 0 Å². The molecule has 2 aromatic rings. The summed E-state index contributed by atoms with van der Waals surface area (Å²) in [7, 11) is 1.62. The normalized spacial score (nSPS) is 11.9. The number of halogens is 1. The molecule has 1 aliphatic heterocycles. The van der Waals surface area contributed by atoms with Crippen molar-refractivity contribution in [1.82, 2.24) is 0 Å². The van der Waals surface area contributed by atoms with Gasteiger partial charge in [-0.05, 0) is 48.4 Å². The van der Waals surface area contributed by atoms with Crippen molar-refractivity contribution >= 4 is 29.7 Å². The zero-order chi connectivity index (χ0) is 16.1. The number of ether oxygens (including phenoxy) is 2. The molecule has 6 heteroatoms. The van der Waals surface area contributed by atoms with Crippen molar-refractivity contribution in [2.75, 3.05) is 37.5 Å². The number of carbonyl (C=O) groups is 1. The van der Waals surface area contributed by atoms with E-state index in [4.69, 9.17) is 9.47 Å². The topological polar surface area (TPSA) is 59.6 Å². The van der Waals surface area contributed by atoms with Crippen LogP contribution in [-0.4, -0.2) is 32.8 Å². The molecule has 0 aromatic heterocycles. The van der Waals surface area contributed by atoms with Gasteiger partial charge in [0.05, 0.1) is 6.61 Å². The standard InChI is InChI=1S/C18H20N2O3.ClH/c1-22-9-10-23-16-4-2-3-14(12-16)18(21)20-15-5-6-17-13(11-15)7-8-19-17;/h2-6,11-12,19H,7-10H2,1H3,(H,20,21);1H. The number of carbonyl (C=O) groups excluding carboxylic acids is 1. The van der Waals surface area contributed by atoms with Crippen LogP contribution in [0.4, 0.5) is 11.4 Å². The number of anilines is 2. The van der Waals surface area contributed by atoms with E-state index in [-0.39, 0.29) is 18.3 Å². The van der Waals surface area contributed by atoms with Gasteiger partial charge in [-0.15, -0.1) is 12.4 Å². The molecule has 0 aliphatic carbocycles. The summed E-state index contributed by atoms with van der Waals surface area (Å²) in [5, 5.41) is 6.24. The number of benzene rings is 2. The van der Waals surface area contributed by atoms with Gasteiger partial charge in [-0.2, -0.15) is 0 Å². The monoisotopic (exact) mass is 348 g/mol. The molecule has 0 bridgehead atoms. The van der Waals surface area contributed by atoms with Crippen molar-refractivity contribution in [2.24, 2.45) is 0 Å². The van der Waals surface area contributed by atoms with Gasteiger partial charge in [0.15, 0.2) is 0 Å². The highest BCUT2D eigenvalue weighted by Crippen LogP contribution is 2.25. The third-order valence-corrected chi connectivity index (χ3v) is 3.73. The molecular weight excluding hydrogens is 328 g/mol. The van der Waals surface area contributed by atoms with Crippen molar-refractivity contribution in [2.45, 2.75) is 6.42 Å². The maximum atomic E-state index is 12.4. The first-order valence-corrected chi connectivity index (χ1v) is 7.66. The molecule has 1 heterocycles. The SMILES string of the molecule is COCCOc1cccc(C(=O)Nc2ccc3c(c2)CCN3)c1.Cl. The molecule has 0 radical (unpaired) electrons. The molecule has 0 spiro atoms. The van der Waals surface area contributed by atoms with Crippen LogP contribution in [0.5, 0.6) is 5.75 Å². The Morgan fingerprint density at radius 1 is 1.21 bits per heavy atom. The van der Waals surface area contributed by atoms with E-state index in [2.05, 4.69) is 10.6 Å². The van der Waals surface area contributed by atoms with Crippen LogP contribution in [0.25, 0.3) is 0 Å². The van der Waals surface area contributed by atoms with Gasteiger partial charge >= 0.3 is 0 Å². The lowest BCUT2D eigenvalue weighted by Crippen LogP contribution is -2.12. The number of rotatable bonds is 6. The van der Waals surface area contributed by atoms with Crippen LogP contribution in [0.1, 0.15) is 15.9 Å². The van der Waals surface area contributed by atoms with Gasteiger partial charge in [0.25, 0.3) is 5.91 Å². The van der Waals surface area contributed by atoms with Gasteiger partial charge < -0.3 is 20.1 Å². The third kappa shape index (κ3) is 4.40. The second kappa shape index (κ2) is 8.57. The number of nitrogens with one attached hydrogen (secondary N) is 2. The van der Waals surface area contributed by atoms with Gasteiger partial charge in [0.2, 0.25) is 0 Å². The van der Waals surface area contributed by atoms with Gasteiger partial charge in [-0.25, -0.2) is 0 Å². The Labute approximate surface area is 147 Å². The van der Waals surface area contributed by atoms with Gasteiger partial charge in [-0.1, -0.05) is 6.07 Å². The van der Waals surface area contributed by atoms with E-state index < -0.39 is 0 Å². The van der Waals surface area contributed by atoms with Crippen molar-refractivity contribution in [3.8, 4) is 5.75 Å². The minimum atomic E-state index is -0.145. The number of hydrogen-bond acceptors (Lipinski definition) is 4. The van der Waals surface area contributed by atoms with Crippen LogP contribution < -0.4 is 15.4 Å². The minimum absolute atomic E-state index is 0. The number of amides is 1. The Bertz CT molecular complexity index is 706. The maximum Gasteiger partial charge on any atom is 0.255 e. The zero-order valence-corrected chi connectivity index (χ0v) is 14.3. The molecular formula is C18H21ClN2O3. The van der Waals surface area contributed by atoms with Gasteiger partial charge in [0, 0.05) is 30.6 Å². The Morgan fingerprint density at radius 3 is 2.92 bits per heavy atom. The second-order valence-corrected chi connectivity index (χ2v) is 5.37. The van der Waals surface area contributed by atoms with Crippen molar-refractivity contribution in [3.63, 3.8) is 0 Å². The summed E-state index contributed by atoms with van der Waals surface area (Å²) >= 11 is 0. The highest BCUT2D eigenvalue weighted by atomic mass is 35.5. The largest absolute Gasteiger partial charge is 0.491 e. The highest BCUT2D eigenvalue weighted by molar-refractivity contribution is 6.04. The number of methoxy groups -OCH3 is 1. The predicted octanol–water partition coefficient (Wildman–Crippen LogP) is 3.35. The molecule has 2 N–H and O–H groups in total. The van der Waals surface area contributed by atoms with Gasteiger partial charge in [0.1, 0.15) is 12.4 Å². The van der Waals surface area contributed by atoms with E-state index >= 15 is 0 Å². The average molecular weight is 349 g/mol. The Balaban J connectivity index is 0.00000208. The molecule has 0 unspecified atom stereocenters. The Kier molecular flexibility index (Phi) is 6.46. The molecule has 24 heavy (non-hydrogen) atoms. The Hall–Kier alpha value is -2.24. The lowest BCUT2D eigenvalue weighted by atomic mass is 10.1.